The molecule has 192 valence electrons. The molecule has 3 aliphatic heterocycles. The highest BCUT2D eigenvalue weighted by molar-refractivity contribution is 6.35. The number of amides is 2. The van der Waals surface area contributed by atoms with Crippen LogP contribution in [0.4, 0.5) is 10.1 Å². The highest BCUT2D eigenvalue weighted by atomic mass is 19.1. The van der Waals surface area contributed by atoms with E-state index in [0.29, 0.717) is 56.5 Å². The van der Waals surface area contributed by atoms with Gasteiger partial charge in [-0.25, -0.2) is 4.39 Å². The van der Waals surface area contributed by atoms with Crippen molar-refractivity contribution in [2.45, 2.75) is 25.0 Å². The number of nitrogens with zero attached hydrogens (tertiary/aromatic N) is 2. The first-order chi connectivity index (χ1) is 17.6. The lowest BCUT2D eigenvalue weighted by Crippen LogP contribution is -2.51. The first kappa shape index (κ1) is 24.3. The van der Waals surface area contributed by atoms with Crippen molar-refractivity contribution < 1.29 is 28.2 Å². The van der Waals surface area contributed by atoms with Gasteiger partial charge in [0.25, 0.3) is 0 Å². The maximum absolute atomic E-state index is 14.3. The average molecular weight is 499 g/mol. The summed E-state index contributed by atoms with van der Waals surface area (Å²) in [6, 6.07) is 12.3. The van der Waals surface area contributed by atoms with Crippen molar-refractivity contribution in [3.8, 4) is 11.5 Å². The number of ether oxygens (including phenoxy) is 3. The predicted octanol–water partition coefficient (Wildman–Crippen LogP) is 1.83. The van der Waals surface area contributed by atoms with Crippen LogP contribution < -0.4 is 25.0 Å². The number of para-hydroxylation sites is 1. The molecule has 3 aliphatic rings. The number of carbonyl (C=O) groups is 2. The zero-order valence-electron chi connectivity index (χ0n) is 20.1. The van der Waals surface area contributed by atoms with Gasteiger partial charge in [-0.1, -0.05) is 18.2 Å². The van der Waals surface area contributed by atoms with E-state index in [9.17, 15) is 14.0 Å². The number of halogens is 1. The molecule has 0 aromatic heterocycles. The van der Waals surface area contributed by atoms with Gasteiger partial charge in [-0.05, 0) is 42.7 Å². The maximum Gasteiger partial charge on any atom is 0.309 e. The molecule has 2 N–H and O–H groups in total. The number of rotatable bonds is 7. The number of benzene rings is 2. The van der Waals surface area contributed by atoms with Crippen molar-refractivity contribution in [3.63, 3.8) is 0 Å². The molecule has 3 heterocycles. The third-order valence-corrected chi connectivity index (χ3v) is 6.91. The molecule has 2 fully saturated rings. The Morgan fingerprint density at radius 2 is 1.78 bits per heavy atom. The average Bonchev–Trinajstić information content (AvgIpc) is 3.60. The van der Waals surface area contributed by atoms with E-state index in [0.717, 1.165) is 18.4 Å². The summed E-state index contributed by atoms with van der Waals surface area (Å²) < 4.78 is 30.8. The fourth-order valence-electron chi connectivity index (χ4n) is 4.92. The van der Waals surface area contributed by atoms with Crippen LogP contribution in [0.3, 0.4) is 0 Å². The third kappa shape index (κ3) is 5.55. The summed E-state index contributed by atoms with van der Waals surface area (Å²) in [4.78, 5) is 29.2. The van der Waals surface area contributed by atoms with Crippen molar-refractivity contribution >= 4 is 17.5 Å². The molecule has 0 unspecified atom stereocenters. The van der Waals surface area contributed by atoms with E-state index in [1.165, 1.54) is 6.07 Å². The second kappa shape index (κ2) is 11.1. The number of hydrogen-bond donors (Lipinski definition) is 2. The van der Waals surface area contributed by atoms with E-state index >= 15 is 0 Å². The maximum atomic E-state index is 14.3. The topological polar surface area (TPSA) is 92.4 Å². The van der Waals surface area contributed by atoms with E-state index < -0.39 is 11.8 Å². The van der Waals surface area contributed by atoms with Crippen molar-refractivity contribution in [1.82, 2.24) is 15.5 Å². The van der Waals surface area contributed by atoms with Crippen molar-refractivity contribution in [2.24, 2.45) is 0 Å². The molecule has 2 aromatic rings. The van der Waals surface area contributed by atoms with Crippen molar-refractivity contribution in [3.05, 3.63) is 53.8 Å². The van der Waals surface area contributed by atoms with Crippen LogP contribution >= 0.6 is 0 Å². The van der Waals surface area contributed by atoms with Crippen LogP contribution in [0.1, 0.15) is 24.4 Å². The lowest BCUT2D eigenvalue weighted by Gasteiger charge is -2.40. The van der Waals surface area contributed by atoms with E-state index in [1.54, 1.807) is 12.1 Å². The van der Waals surface area contributed by atoms with Gasteiger partial charge in [0.15, 0.2) is 11.5 Å². The summed E-state index contributed by atoms with van der Waals surface area (Å²) in [5.74, 6) is -0.245. The fraction of sp³-hybridized carbons (Fsp3) is 0.462. The molecular weight excluding hydrogens is 467 g/mol. The van der Waals surface area contributed by atoms with Crippen molar-refractivity contribution in [2.75, 3.05) is 57.6 Å². The second-order valence-electron chi connectivity index (χ2n) is 9.16. The highest BCUT2D eigenvalue weighted by Crippen LogP contribution is 2.36. The standard InChI is InChI=1S/C26H31FN4O5/c27-20-5-1-2-6-21(20)30-9-11-31(12-10-30)22(18-7-8-23-24(14-18)36-17-35-23)16-29-26(33)25(32)28-15-19-4-3-13-34-19/h1-2,5-8,14,19,22H,3-4,9-13,15-17H2,(H,28,32)(H,29,33)/t19-,22+/m0/s1. The molecule has 2 atom stereocenters. The van der Waals surface area contributed by atoms with Crippen LogP contribution in [-0.2, 0) is 14.3 Å². The van der Waals surface area contributed by atoms with Crippen LogP contribution in [-0.4, -0.2) is 75.5 Å². The van der Waals surface area contributed by atoms with Gasteiger partial charge in [0.2, 0.25) is 6.79 Å². The zero-order valence-corrected chi connectivity index (χ0v) is 20.1. The molecule has 2 amide bonds. The number of nitrogens with one attached hydrogen (secondary N) is 2. The number of hydrogen-bond acceptors (Lipinski definition) is 7. The minimum absolute atomic E-state index is 0.0334. The Morgan fingerprint density at radius 1 is 1.00 bits per heavy atom. The van der Waals surface area contributed by atoms with E-state index in [1.807, 2.05) is 29.2 Å². The minimum atomic E-state index is -0.677. The smallest absolute Gasteiger partial charge is 0.309 e. The molecule has 2 aromatic carbocycles. The van der Waals surface area contributed by atoms with Gasteiger partial charge in [-0.2, -0.15) is 0 Å². The molecule has 0 radical (unpaired) electrons. The summed E-state index contributed by atoms with van der Waals surface area (Å²) in [6.45, 7) is 4.03. The molecule has 5 rings (SSSR count). The zero-order chi connectivity index (χ0) is 24.9. The predicted molar refractivity (Wildman–Crippen MR) is 130 cm³/mol. The number of anilines is 1. The summed E-state index contributed by atoms with van der Waals surface area (Å²) in [5.41, 5.74) is 1.53. The lowest BCUT2D eigenvalue weighted by atomic mass is 10.0. The minimum Gasteiger partial charge on any atom is -0.454 e. The summed E-state index contributed by atoms with van der Waals surface area (Å²) in [7, 11) is 0. The van der Waals surface area contributed by atoms with Gasteiger partial charge >= 0.3 is 11.8 Å². The SMILES string of the molecule is O=C(NC[C@@H]1CCCO1)C(=O)NC[C@H](c1ccc2c(c1)OCO2)N1CCN(c2ccccc2F)CC1. The number of carbonyl (C=O) groups excluding carboxylic acids is 2. The van der Waals surface area contributed by atoms with Gasteiger partial charge in [0, 0.05) is 45.9 Å². The van der Waals surface area contributed by atoms with Gasteiger partial charge in [0.05, 0.1) is 17.8 Å². The Hall–Kier alpha value is -3.37. The molecule has 0 saturated carbocycles. The molecule has 0 aliphatic carbocycles. The Kier molecular flexibility index (Phi) is 7.52. The largest absolute Gasteiger partial charge is 0.454 e. The van der Waals surface area contributed by atoms with Gasteiger partial charge in [-0.15, -0.1) is 0 Å². The first-order valence-electron chi connectivity index (χ1n) is 12.4. The molecule has 0 bridgehead atoms. The quantitative estimate of drug-likeness (QED) is 0.563. The van der Waals surface area contributed by atoms with E-state index in [4.69, 9.17) is 14.2 Å². The van der Waals surface area contributed by atoms with Crippen LogP contribution in [0.25, 0.3) is 0 Å². The molecule has 10 heteroatoms. The van der Waals surface area contributed by atoms with E-state index in [-0.39, 0.29) is 31.3 Å². The lowest BCUT2D eigenvalue weighted by molar-refractivity contribution is -0.139. The van der Waals surface area contributed by atoms with Crippen LogP contribution in [0, 0.1) is 5.82 Å². The highest BCUT2D eigenvalue weighted by Gasteiger charge is 2.29. The molecular formula is C26H31FN4O5. The normalized spacial score (nSPS) is 20.2. The number of fused-ring (bicyclic) bond motifs is 1. The summed E-state index contributed by atoms with van der Waals surface area (Å²) in [6.07, 6.45) is 1.81. The fourth-order valence-corrected chi connectivity index (χ4v) is 4.92. The molecule has 0 spiro atoms. The van der Waals surface area contributed by atoms with Crippen molar-refractivity contribution in [1.29, 1.82) is 0 Å². The van der Waals surface area contributed by atoms with Crippen LogP contribution in [0.5, 0.6) is 11.5 Å². The van der Waals surface area contributed by atoms with Crippen LogP contribution in [0.15, 0.2) is 42.5 Å². The molecule has 9 nitrogen and oxygen atoms in total. The van der Waals surface area contributed by atoms with Gasteiger partial charge in [-0.3, -0.25) is 14.5 Å². The Bertz CT molecular complexity index is 1090. The van der Waals surface area contributed by atoms with Crippen LogP contribution in [0.2, 0.25) is 0 Å². The Morgan fingerprint density at radius 3 is 2.56 bits per heavy atom. The third-order valence-electron chi connectivity index (χ3n) is 6.91. The monoisotopic (exact) mass is 498 g/mol. The summed E-state index contributed by atoms with van der Waals surface area (Å²) in [5, 5.41) is 5.46. The van der Waals surface area contributed by atoms with E-state index in [2.05, 4.69) is 15.5 Å². The summed E-state index contributed by atoms with van der Waals surface area (Å²) >= 11 is 0. The molecule has 36 heavy (non-hydrogen) atoms. The Labute approximate surface area is 209 Å². The van der Waals surface area contributed by atoms with Gasteiger partial charge < -0.3 is 29.7 Å². The number of piperazine rings is 1. The van der Waals surface area contributed by atoms with Gasteiger partial charge in [0.1, 0.15) is 5.82 Å². The molecule has 2 saturated heterocycles. The Balaban J connectivity index is 1.24. The second-order valence-corrected chi connectivity index (χ2v) is 9.16. The first-order valence-corrected chi connectivity index (χ1v) is 12.4.